The smallest absolute Gasteiger partial charge is 0.291 e. The molecule has 2 amide bonds. The van der Waals surface area contributed by atoms with Crippen molar-refractivity contribution in [3.05, 3.63) is 23.6 Å². The van der Waals surface area contributed by atoms with Crippen molar-refractivity contribution in [2.75, 3.05) is 10.6 Å². The van der Waals surface area contributed by atoms with Gasteiger partial charge in [0.25, 0.3) is 0 Å². The molecule has 2 aromatic heterocycles. The number of nitrogens with zero attached hydrogens (tertiary/aromatic N) is 4. The molecule has 82 valence electrons. The van der Waals surface area contributed by atoms with Crippen LogP contribution in [0.5, 0.6) is 0 Å². The fourth-order valence-electron chi connectivity index (χ4n) is 0.955. The van der Waals surface area contributed by atoms with Crippen molar-refractivity contribution in [1.82, 2.24) is 20.2 Å². The molecule has 0 aliphatic carbocycles. The molecule has 0 saturated carbocycles. The highest BCUT2D eigenvalue weighted by atomic mass is 32.1. The van der Waals surface area contributed by atoms with Crippen LogP contribution in [0.25, 0.3) is 0 Å². The van der Waals surface area contributed by atoms with Gasteiger partial charge in [-0.15, -0.1) is 10.2 Å². The molecule has 2 rings (SSSR count). The van der Waals surface area contributed by atoms with E-state index in [1.54, 1.807) is 0 Å². The van der Waals surface area contributed by atoms with Gasteiger partial charge in [0, 0.05) is 12.4 Å². The lowest BCUT2D eigenvalue weighted by atomic mass is 10.6. The monoisotopic (exact) mass is 236 g/mol. The quantitative estimate of drug-likeness (QED) is 0.819. The molecule has 8 heteroatoms. The van der Waals surface area contributed by atoms with Crippen molar-refractivity contribution in [3.8, 4) is 0 Å². The van der Waals surface area contributed by atoms with Crippen LogP contribution in [0.2, 0.25) is 0 Å². The molecule has 0 radical (unpaired) electrons. The third kappa shape index (κ3) is 2.70. The van der Waals surface area contributed by atoms with E-state index in [1.807, 2.05) is 6.92 Å². The highest BCUT2D eigenvalue weighted by Crippen LogP contribution is 2.13. The van der Waals surface area contributed by atoms with E-state index in [-0.39, 0.29) is 0 Å². The summed E-state index contributed by atoms with van der Waals surface area (Å²) < 4.78 is 0. The van der Waals surface area contributed by atoms with E-state index in [4.69, 9.17) is 0 Å². The molecule has 16 heavy (non-hydrogen) atoms. The van der Waals surface area contributed by atoms with Gasteiger partial charge in [0.1, 0.15) is 5.01 Å². The molecule has 0 atom stereocenters. The number of aromatic nitrogens is 4. The molecule has 0 unspecified atom stereocenters. The van der Waals surface area contributed by atoms with Crippen LogP contribution < -0.4 is 10.6 Å². The maximum Gasteiger partial charge on any atom is 0.326 e. The van der Waals surface area contributed by atoms with Gasteiger partial charge in [-0.1, -0.05) is 11.3 Å². The number of carbonyl (C=O) groups is 1. The molecular weight excluding hydrogens is 228 g/mol. The molecule has 0 fully saturated rings. The van der Waals surface area contributed by atoms with Gasteiger partial charge in [-0.25, -0.2) is 9.78 Å². The van der Waals surface area contributed by atoms with Crippen LogP contribution in [-0.4, -0.2) is 26.2 Å². The average molecular weight is 236 g/mol. The van der Waals surface area contributed by atoms with Crippen molar-refractivity contribution in [2.24, 2.45) is 0 Å². The third-order valence-corrected chi connectivity index (χ3v) is 2.31. The Balaban J connectivity index is 1.95. The largest absolute Gasteiger partial charge is 0.326 e. The van der Waals surface area contributed by atoms with Crippen LogP contribution in [0.3, 0.4) is 0 Å². The molecule has 0 spiro atoms. The molecule has 0 aromatic carbocycles. The van der Waals surface area contributed by atoms with Crippen LogP contribution in [-0.2, 0) is 0 Å². The summed E-state index contributed by atoms with van der Waals surface area (Å²) in [6, 6.07) is -0.420. The minimum Gasteiger partial charge on any atom is -0.291 e. The summed E-state index contributed by atoms with van der Waals surface area (Å²) in [7, 11) is 0. The molecule has 0 bridgehead atoms. The highest BCUT2D eigenvalue weighted by Gasteiger charge is 2.06. The van der Waals surface area contributed by atoms with Crippen LogP contribution in [0.15, 0.2) is 18.6 Å². The van der Waals surface area contributed by atoms with Crippen molar-refractivity contribution in [2.45, 2.75) is 6.92 Å². The van der Waals surface area contributed by atoms with Crippen LogP contribution in [0.1, 0.15) is 5.01 Å². The molecule has 0 saturated heterocycles. The second kappa shape index (κ2) is 4.62. The number of rotatable bonds is 2. The fraction of sp³-hybridized carbons (Fsp3) is 0.125. The second-order valence-electron chi connectivity index (χ2n) is 2.80. The summed E-state index contributed by atoms with van der Waals surface area (Å²) in [5.74, 6) is 0.376. The lowest BCUT2D eigenvalue weighted by Gasteiger charge is -2.02. The van der Waals surface area contributed by atoms with E-state index in [0.717, 1.165) is 5.01 Å². The molecule has 2 N–H and O–H groups in total. The van der Waals surface area contributed by atoms with E-state index in [2.05, 4.69) is 30.8 Å². The van der Waals surface area contributed by atoms with E-state index in [1.165, 1.54) is 29.9 Å². The van der Waals surface area contributed by atoms with Crippen LogP contribution in [0.4, 0.5) is 15.7 Å². The predicted molar refractivity (Wildman–Crippen MR) is 59.3 cm³/mol. The van der Waals surface area contributed by atoms with Gasteiger partial charge in [0.15, 0.2) is 5.82 Å². The lowest BCUT2D eigenvalue weighted by Crippen LogP contribution is -2.20. The fourth-order valence-corrected chi connectivity index (χ4v) is 1.54. The minimum atomic E-state index is -0.420. The van der Waals surface area contributed by atoms with Gasteiger partial charge >= 0.3 is 6.03 Å². The van der Waals surface area contributed by atoms with Gasteiger partial charge in [0.05, 0.1) is 6.20 Å². The Kier molecular flexibility index (Phi) is 3.01. The molecule has 0 aliphatic heterocycles. The number of hydrogen-bond acceptors (Lipinski definition) is 6. The summed E-state index contributed by atoms with van der Waals surface area (Å²) in [6.07, 6.45) is 4.47. The number of aryl methyl sites for hydroxylation is 1. The first-order valence-electron chi connectivity index (χ1n) is 4.38. The van der Waals surface area contributed by atoms with Gasteiger partial charge < -0.3 is 0 Å². The number of urea groups is 1. The Morgan fingerprint density at radius 2 is 2.19 bits per heavy atom. The molecular formula is C8H8N6OS. The third-order valence-electron chi connectivity index (χ3n) is 1.55. The first-order valence-corrected chi connectivity index (χ1v) is 5.20. The molecule has 2 aromatic rings. The number of hydrogen-bond donors (Lipinski definition) is 2. The van der Waals surface area contributed by atoms with Crippen LogP contribution in [0, 0.1) is 6.92 Å². The van der Waals surface area contributed by atoms with Crippen molar-refractivity contribution in [3.63, 3.8) is 0 Å². The topological polar surface area (TPSA) is 92.7 Å². The summed E-state index contributed by atoms with van der Waals surface area (Å²) in [6.45, 7) is 1.81. The first kappa shape index (κ1) is 10.4. The van der Waals surface area contributed by atoms with Crippen molar-refractivity contribution in [1.29, 1.82) is 0 Å². The zero-order chi connectivity index (χ0) is 11.4. The number of nitrogens with one attached hydrogen (secondary N) is 2. The van der Waals surface area contributed by atoms with E-state index in [0.29, 0.717) is 10.9 Å². The van der Waals surface area contributed by atoms with E-state index in [9.17, 15) is 4.79 Å². The zero-order valence-electron chi connectivity index (χ0n) is 8.34. The van der Waals surface area contributed by atoms with Gasteiger partial charge in [-0.3, -0.25) is 15.6 Å². The normalized spacial score (nSPS) is 9.81. The standard InChI is InChI=1S/C8H8N6OS/c1-5-13-14-8(16-5)12-7(15)11-6-4-9-2-3-10-6/h2-4H,1H3,(H2,10,11,12,14,15). The Morgan fingerprint density at radius 3 is 2.81 bits per heavy atom. The minimum absolute atomic E-state index is 0.376. The molecule has 0 aliphatic rings. The lowest BCUT2D eigenvalue weighted by molar-refractivity contribution is 0.262. The maximum absolute atomic E-state index is 11.4. The Bertz CT molecular complexity index is 484. The summed E-state index contributed by atoms with van der Waals surface area (Å²) >= 11 is 1.30. The van der Waals surface area contributed by atoms with E-state index >= 15 is 0 Å². The average Bonchev–Trinajstić information content (AvgIpc) is 2.65. The van der Waals surface area contributed by atoms with Gasteiger partial charge in [-0.2, -0.15) is 0 Å². The number of anilines is 2. The van der Waals surface area contributed by atoms with Crippen molar-refractivity contribution >= 4 is 28.3 Å². The zero-order valence-corrected chi connectivity index (χ0v) is 9.15. The van der Waals surface area contributed by atoms with Gasteiger partial charge in [0.2, 0.25) is 5.13 Å². The summed E-state index contributed by atoms with van der Waals surface area (Å²) in [5, 5.41) is 13.8. The summed E-state index contributed by atoms with van der Waals surface area (Å²) in [5.41, 5.74) is 0. The Morgan fingerprint density at radius 1 is 1.31 bits per heavy atom. The molecule has 2 heterocycles. The van der Waals surface area contributed by atoms with E-state index < -0.39 is 6.03 Å². The highest BCUT2D eigenvalue weighted by molar-refractivity contribution is 7.15. The Hall–Kier alpha value is -2.09. The Labute approximate surface area is 95.0 Å². The first-order chi connectivity index (χ1) is 7.74. The summed E-state index contributed by atoms with van der Waals surface area (Å²) in [4.78, 5) is 19.2. The SMILES string of the molecule is Cc1nnc(NC(=O)Nc2cnccn2)s1. The number of amides is 2. The van der Waals surface area contributed by atoms with Gasteiger partial charge in [-0.05, 0) is 6.92 Å². The van der Waals surface area contributed by atoms with Crippen molar-refractivity contribution < 1.29 is 4.79 Å². The number of carbonyl (C=O) groups excluding carboxylic acids is 1. The maximum atomic E-state index is 11.4. The molecule has 7 nitrogen and oxygen atoms in total. The van der Waals surface area contributed by atoms with Crippen LogP contribution >= 0.6 is 11.3 Å². The second-order valence-corrected chi connectivity index (χ2v) is 3.98. The predicted octanol–water partition coefficient (Wildman–Crippen LogP) is 1.28.